The lowest BCUT2D eigenvalue weighted by atomic mass is 10.0. The van der Waals surface area contributed by atoms with Gasteiger partial charge in [-0.2, -0.15) is 13.2 Å². The molecule has 3 nitrogen and oxygen atoms in total. The molecule has 0 bridgehead atoms. The van der Waals surface area contributed by atoms with E-state index in [1.54, 1.807) is 0 Å². The van der Waals surface area contributed by atoms with E-state index in [4.69, 9.17) is 4.42 Å². The van der Waals surface area contributed by atoms with Gasteiger partial charge in [-0.25, -0.2) is 0 Å². The topological polar surface area (TPSA) is 28.4 Å². The Hall–Kier alpha value is -1.01. The van der Waals surface area contributed by atoms with Crippen molar-refractivity contribution in [2.45, 2.75) is 51.9 Å². The second-order valence-corrected chi connectivity index (χ2v) is 5.92. The van der Waals surface area contributed by atoms with Crippen molar-refractivity contribution in [3.8, 4) is 0 Å². The third-order valence-electron chi connectivity index (χ3n) is 4.02. The number of halogens is 3. The predicted molar refractivity (Wildman–Crippen MR) is 75.2 cm³/mol. The molecule has 6 heteroatoms. The Morgan fingerprint density at radius 1 is 1.33 bits per heavy atom. The first-order valence-corrected chi connectivity index (χ1v) is 7.36. The molecule has 1 unspecified atom stereocenters. The first-order valence-electron chi connectivity index (χ1n) is 7.36. The van der Waals surface area contributed by atoms with E-state index in [2.05, 4.69) is 12.2 Å². The third kappa shape index (κ3) is 4.74. The summed E-state index contributed by atoms with van der Waals surface area (Å²) in [6.07, 6.45) is -2.61. The van der Waals surface area contributed by atoms with Crippen LogP contribution < -0.4 is 5.32 Å². The van der Waals surface area contributed by atoms with Crippen LogP contribution in [-0.2, 0) is 0 Å². The molecule has 21 heavy (non-hydrogen) atoms. The van der Waals surface area contributed by atoms with Crippen LogP contribution in [0.1, 0.15) is 42.9 Å². The summed E-state index contributed by atoms with van der Waals surface area (Å²) in [5.74, 6) is 1.79. The number of aryl methyl sites for hydroxylation is 2. The quantitative estimate of drug-likeness (QED) is 0.922. The number of rotatable bonds is 4. The Bertz CT molecular complexity index is 462. The second-order valence-electron chi connectivity index (χ2n) is 5.92. The minimum absolute atomic E-state index is 0.154. The van der Waals surface area contributed by atoms with Gasteiger partial charge in [-0.1, -0.05) is 0 Å². The molecule has 1 fully saturated rings. The zero-order valence-electron chi connectivity index (χ0n) is 12.8. The number of nitrogens with one attached hydrogen (secondary N) is 1. The lowest BCUT2D eigenvalue weighted by Crippen LogP contribution is -2.46. The van der Waals surface area contributed by atoms with Gasteiger partial charge in [0.15, 0.2) is 0 Å². The number of hydrogen-bond acceptors (Lipinski definition) is 3. The van der Waals surface area contributed by atoms with Gasteiger partial charge in [-0.15, -0.1) is 0 Å². The van der Waals surface area contributed by atoms with Gasteiger partial charge in [0.25, 0.3) is 0 Å². The van der Waals surface area contributed by atoms with Crippen molar-refractivity contribution in [2.75, 3.05) is 19.6 Å². The van der Waals surface area contributed by atoms with Gasteiger partial charge in [0.2, 0.25) is 0 Å². The molecule has 1 N–H and O–H groups in total. The second kappa shape index (κ2) is 6.40. The summed E-state index contributed by atoms with van der Waals surface area (Å²) in [5.41, 5.74) is 1.13. The Morgan fingerprint density at radius 2 is 1.95 bits per heavy atom. The fourth-order valence-corrected chi connectivity index (χ4v) is 3.04. The van der Waals surface area contributed by atoms with E-state index < -0.39 is 12.7 Å². The fourth-order valence-electron chi connectivity index (χ4n) is 3.04. The average Bonchev–Trinajstić information content (AvgIpc) is 2.69. The molecule has 0 radical (unpaired) electrons. The molecule has 1 aromatic heterocycles. The lowest BCUT2D eigenvalue weighted by molar-refractivity contribution is -0.148. The normalized spacial score (nSPS) is 19.9. The van der Waals surface area contributed by atoms with Crippen LogP contribution in [0, 0.1) is 13.8 Å². The molecule has 0 spiro atoms. The van der Waals surface area contributed by atoms with Crippen LogP contribution in [0.2, 0.25) is 0 Å². The van der Waals surface area contributed by atoms with Crippen LogP contribution in [0.5, 0.6) is 0 Å². The van der Waals surface area contributed by atoms with Crippen LogP contribution >= 0.6 is 0 Å². The molecule has 2 rings (SSSR count). The smallest absolute Gasteiger partial charge is 0.401 e. The van der Waals surface area contributed by atoms with Gasteiger partial charge in [-0.05, 0) is 52.8 Å². The van der Waals surface area contributed by atoms with Crippen LogP contribution in [-0.4, -0.2) is 36.8 Å². The van der Waals surface area contributed by atoms with Crippen LogP contribution in [0.25, 0.3) is 0 Å². The molecular formula is C15H23F3N2O. The van der Waals surface area contributed by atoms with Crippen molar-refractivity contribution in [1.82, 2.24) is 10.2 Å². The number of piperidine rings is 1. The van der Waals surface area contributed by atoms with Crippen molar-refractivity contribution in [3.05, 3.63) is 23.2 Å². The summed E-state index contributed by atoms with van der Waals surface area (Å²) in [6.45, 7) is 6.11. The highest BCUT2D eigenvalue weighted by atomic mass is 19.4. The summed E-state index contributed by atoms with van der Waals surface area (Å²) in [5, 5.41) is 3.50. The van der Waals surface area contributed by atoms with E-state index in [1.165, 1.54) is 4.90 Å². The van der Waals surface area contributed by atoms with E-state index in [1.807, 2.05) is 19.9 Å². The SMILES string of the molecule is Cc1cc(C(C)NC2CCN(CC(F)(F)F)CC2)c(C)o1. The lowest BCUT2D eigenvalue weighted by Gasteiger charge is -2.34. The maximum Gasteiger partial charge on any atom is 0.401 e. The molecule has 1 saturated heterocycles. The molecule has 1 atom stereocenters. The summed E-state index contributed by atoms with van der Waals surface area (Å²) in [4.78, 5) is 1.48. The first-order chi connectivity index (χ1) is 9.74. The van der Waals surface area contributed by atoms with E-state index >= 15 is 0 Å². The van der Waals surface area contributed by atoms with Crippen molar-refractivity contribution in [2.24, 2.45) is 0 Å². The van der Waals surface area contributed by atoms with Gasteiger partial charge < -0.3 is 9.73 Å². The molecule has 1 aromatic rings. The fraction of sp³-hybridized carbons (Fsp3) is 0.733. The van der Waals surface area contributed by atoms with Gasteiger partial charge in [-0.3, -0.25) is 4.90 Å². The van der Waals surface area contributed by atoms with Gasteiger partial charge >= 0.3 is 6.18 Å². The first kappa shape index (κ1) is 16.4. The highest BCUT2D eigenvalue weighted by Crippen LogP contribution is 2.24. The number of likely N-dealkylation sites (tertiary alicyclic amines) is 1. The predicted octanol–water partition coefficient (Wildman–Crippen LogP) is 3.57. The molecule has 1 aliphatic heterocycles. The molecule has 120 valence electrons. The third-order valence-corrected chi connectivity index (χ3v) is 4.02. The molecule has 0 aromatic carbocycles. The largest absolute Gasteiger partial charge is 0.466 e. The summed E-state index contributed by atoms with van der Waals surface area (Å²) in [7, 11) is 0. The molecule has 1 aliphatic rings. The van der Waals surface area contributed by atoms with Gasteiger partial charge in [0.05, 0.1) is 6.54 Å². The molecule has 2 heterocycles. The Morgan fingerprint density at radius 3 is 2.43 bits per heavy atom. The Balaban J connectivity index is 1.82. The number of hydrogen-bond donors (Lipinski definition) is 1. The minimum atomic E-state index is -4.10. The van der Waals surface area contributed by atoms with Crippen molar-refractivity contribution in [1.29, 1.82) is 0 Å². The molecule has 0 aliphatic carbocycles. The van der Waals surface area contributed by atoms with Crippen molar-refractivity contribution >= 4 is 0 Å². The number of alkyl halides is 3. The zero-order chi connectivity index (χ0) is 15.6. The monoisotopic (exact) mass is 304 g/mol. The summed E-state index contributed by atoms with van der Waals surface area (Å²) >= 11 is 0. The van der Waals surface area contributed by atoms with Crippen LogP contribution in [0.15, 0.2) is 10.5 Å². The number of nitrogens with zero attached hydrogens (tertiary/aromatic N) is 1. The molecule has 0 amide bonds. The van der Waals surface area contributed by atoms with E-state index in [0.717, 1.165) is 29.9 Å². The summed E-state index contributed by atoms with van der Waals surface area (Å²) < 4.78 is 42.6. The maximum absolute atomic E-state index is 12.3. The summed E-state index contributed by atoms with van der Waals surface area (Å²) in [6, 6.07) is 2.44. The highest BCUT2D eigenvalue weighted by Gasteiger charge is 2.32. The van der Waals surface area contributed by atoms with Crippen LogP contribution in [0.3, 0.4) is 0 Å². The Labute approximate surface area is 123 Å². The standard InChI is InChI=1S/C15H23F3N2O/c1-10-8-14(12(3)21-10)11(2)19-13-4-6-20(7-5-13)9-15(16,17)18/h8,11,13,19H,4-7,9H2,1-3H3. The van der Waals surface area contributed by atoms with E-state index in [-0.39, 0.29) is 12.1 Å². The molecular weight excluding hydrogens is 281 g/mol. The average molecular weight is 304 g/mol. The maximum atomic E-state index is 12.3. The Kier molecular flexibility index (Phi) is 4.99. The van der Waals surface area contributed by atoms with Crippen molar-refractivity contribution in [3.63, 3.8) is 0 Å². The highest BCUT2D eigenvalue weighted by molar-refractivity contribution is 5.23. The van der Waals surface area contributed by atoms with Crippen molar-refractivity contribution < 1.29 is 17.6 Å². The van der Waals surface area contributed by atoms with E-state index in [9.17, 15) is 13.2 Å². The zero-order valence-corrected chi connectivity index (χ0v) is 12.8. The number of furan rings is 1. The van der Waals surface area contributed by atoms with Gasteiger partial charge in [0.1, 0.15) is 11.5 Å². The van der Waals surface area contributed by atoms with Crippen LogP contribution in [0.4, 0.5) is 13.2 Å². The minimum Gasteiger partial charge on any atom is -0.466 e. The van der Waals surface area contributed by atoms with E-state index in [0.29, 0.717) is 13.1 Å². The molecule has 0 saturated carbocycles. The van der Waals surface area contributed by atoms with Gasteiger partial charge in [0, 0.05) is 17.6 Å².